The molecular weight excluding hydrogens is 176 g/mol. The summed E-state index contributed by atoms with van der Waals surface area (Å²) in [5, 5.41) is 12.4. The molecule has 0 aromatic rings. The third kappa shape index (κ3) is 3.95. The molecule has 3 nitrogen and oxygen atoms in total. The van der Waals surface area contributed by atoms with Gasteiger partial charge < -0.3 is 10.4 Å². The standard InChI is InChI=1S/C11H24N2O/c1-2-6-12-10-11-5-3-4-7-13(11)8-9-14/h11-12,14H,2-10H2,1H3. The van der Waals surface area contributed by atoms with E-state index in [2.05, 4.69) is 17.1 Å². The van der Waals surface area contributed by atoms with Gasteiger partial charge in [-0.25, -0.2) is 0 Å². The molecule has 1 unspecified atom stereocenters. The van der Waals surface area contributed by atoms with Crippen molar-refractivity contribution < 1.29 is 5.11 Å². The summed E-state index contributed by atoms with van der Waals surface area (Å²) in [5.41, 5.74) is 0. The molecule has 1 heterocycles. The van der Waals surface area contributed by atoms with Crippen LogP contribution in [0.4, 0.5) is 0 Å². The normalized spacial score (nSPS) is 24.0. The Hall–Kier alpha value is -0.120. The number of piperidine rings is 1. The van der Waals surface area contributed by atoms with Crippen molar-refractivity contribution in [1.29, 1.82) is 0 Å². The highest BCUT2D eigenvalue weighted by molar-refractivity contribution is 4.78. The summed E-state index contributed by atoms with van der Waals surface area (Å²) in [5.74, 6) is 0. The maximum Gasteiger partial charge on any atom is 0.0558 e. The zero-order valence-corrected chi connectivity index (χ0v) is 9.34. The van der Waals surface area contributed by atoms with Crippen LogP contribution in [0.2, 0.25) is 0 Å². The monoisotopic (exact) mass is 200 g/mol. The van der Waals surface area contributed by atoms with Gasteiger partial charge in [-0.15, -0.1) is 0 Å². The highest BCUT2D eigenvalue weighted by Crippen LogP contribution is 2.15. The molecule has 0 bridgehead atoms. The van der Waals surface area contributed by atoms with Crippen molar-refractivity contribution >= 4 is 0 Å². The molecule has 0 spiro atoms. The van der Waals surface area contributed by atoms with Crippen LogP contribution < -0.4 is 5.32 Å². The van der Waals surface area contributed by atoms with Gasteiger partial charge >= 0.3 is 0 Å². The van der Waals surface area contributed by atoms with Crippen molar-refractivity contribution in [2.24, 2.45) is 0 Å². The van der Waals surface area contributed by atoms with E-state index in [4.69, 9.17) is 5.11 Å². The fourth-order valence-corrected chi connectivity index (χ4v) is 2.16. The minimum absolute atomic E-state index is 0.296. The topological polar surface area (TPSA) is 35.5 Å². The molecule has 2 N–H and O–H groups in total. The molecule has 0 aliphatic carbocycles. The van der Waals surface area contributed by atoms with Gasteiger partial charge in [0.2, 0.25) is 0 Å². The maximum absolute atomic E-state index is 8.95. The van der Waals surface area contributed by atoms with E-state index >= 15 is 0 Å². The van der Waals surface area contributed by atoms with Gasteiger partial charge in [-0.05, 0) is 32.4 Å². The smallest absolute Gasteiger partial charge is 0.0558 e. The van der Waals surface area contributed by atoms with Crippen LogP contribution in [-0.2, 0) is 0 Å². The van der Waals surface area contributed by atoms with Gasteiger partial charge in [0.15, 0.2) is 0 Å². The van der Waals surface area contributed by atoms with Gasteiger partial charge in [0.1, 0.15) is 0 Å². The molecule has 84 valence electrons. The van der Waals surface area contributed by atoms with Crippen LogP contribution in [0.1, 0.15) is 32.6 Å². The Morgan fingerprint density at radius 1 is 1.43 bits per heavy atom. The SMILES string of the molecule is CCCNCC1CCCCN1CCO. The molecule has 3 heteroatoms. The van der Waals surface area contributed by atoms with Gasteiger partial charge in [0, 0.05) is 19.1 Å². The molecule has 0 radical (unpaired) electrons. The molecule has 0 aromatic carbocycles. The minimum atomic E-state index is 0.296. The molecule has 14 heavy (non-hydrogen) atoms. The average molecular weight is 200 g/mol. The lowest BCUT2D eigenvalue weighted by molar-refractivity contribution is 0.115. The molecule has 1 saturated heterocycles. The Morgan fingerprint density at radius 3 is 3.00 bits per heavy atom. The van der Waals surface area contributed by atoms with Crippen molar-refractivity contribution in [2.45, 2.75) is 38.6 Å². The molecule has 0 aromatic heterocycles. The number of hydrogen-bond acceptors (Lipinski definition) is 3. The van der Waals surface area contributed by atoms with E-state index in [9.17, 15) is 0 Å². The summed E-state index contributed by atoms with van der Waals surface area (Å²) in [6.45, 7) is 6.71. The molecular formula is C11H24N2O. The third-order valence-electron chi connectivity index (χ3n) is 2.94. The molecule has 1 aliphatic rings. The van der Waals surface area contributed by atoms with Crippen LogP contribution in [0.15, 0.2) is 0 Å². The summed E-state index contributed by atoms with van der Waals surface area (Å²) in [7, 11) is 0. The van der Waals surface area contributed by atoms with E-state index in [1.807, 2.05) is 0 Å². The van der Waals surface area contributed by atoms with E-state index in [1.165, 1.54) is 32.2 Å². The molecule has 0 amide bonds. The van der Waals surface area contributed by atoms with Gasteiger partial charge in [0.05, 0.1) is 6.61 Å². The van der Waals surface area contributed by atoms with Crippen LogP contribution in [0.3, 0.4) is 0 Å². The number of aliphatic hydroxyl groups is 1. The van der Waals surface area contributed by atoms with Crippen molar-refractivity contribution in [3.63, 3.8) is 0 Å². The van der Waals surface area contributed by atoms with Crippen molar-refractivity contribution in [3.8, 4) is 0 Å². The van der Waals surface area contributed by atoms with Crippen molar-refractivity contribution in [2.75, 3.05) is 32.8 Å². The minimum Gasteiger partial charge on any atom is -0.395 e. The second kappa shape index (κ2) is 7.21. The number of β-amino-alcohol motifs (C(OH)–C–C–N with tert-alkyl or cyclic N) is 1. The molecule has 1 atom stereocenters. The highest BCUT2D eigenvalue weighted by atomic mass is 16.3. The molecule has 1 aliphatic heterocycles. The molecule has 1 rings (SSSR count). The Balaban J connectivity index is 2.22. The summed E-state index contributed by atoms with van der Waals surface area (Å²) < 4.78 is 0. The molecule has 1 fully saturated rings. The summed E-state index contributed by atoms with van der Waals surface area (Å²) in [6, 6.07) is 0.655. The predicted octanol–water partition coefficient (Wildman–Crippen LogP) is 0.833. The lowest BCUT2D eigenvalue weighted by Crippen LogP contribution is -2.46. The number of aliphatic hydroxyl groups excluding tert-OH is 1. The van der Waals surface area contributed by atoms with Crippen LogP contribution in [0.25, 0.3) is 0 Å². The van der Waals surface area contributed by atoms with Crippen molar-refractivity contribution in [3.05, 3.63) is 0 Å². The van der Waals surface area contributed by atoms with Crippen LogP contribution in [0.5, 0.6) is 0 Å². The number of nitrogens with one attached hydrogen (secondary N) is 1. The van der Waals surface area contributed by atoms with E-state index in [0.29, 0.717) is 12.6 Å². The lowest BCUT2D eigenvalue weighted by Gasteiger charge is -2.35. The zero-order chi connectivity index (χ0) is 10.2. The first-order valence-electron chi connectivity index (χ1n) is 5.94. The first kappa shape index (κ1) is 12.0. The van der Waals surface area contributed by atoms with Crippen LogP contribution >= 0.6 is 0 Å². The van der Waals surface area contributed by atoms with Crippen molar-refractivity contribution in [1.82, 2.24) is 10.2 Å². The summed E-state index contributed by atoms with van der Waals surface area (Å²) >= 11 is 0. The molecule has 0 saturated carbocycles. The van der Waals surface area contributed by atoms with E-state index < -0.39 is 0 Å². The second-order valence-electron chi connectivity index (χ2n) is 4.11. The maximum atomic E-state index is 8.95. The number of nitrogens with zero attached hydrogens (tertiary/aromatic N) is 1. The number of rotatable bonds is 6. The van der Waals surface area contributed by atoms with Gasteiger partial charge in [-0.3, -0.25) is 4.90 Å². The number of hydrogen-bond donors (Lipinski definition) is 2. The largest absolute Gasteiger partial charge is 0.395 e. The first-order chi connectivity index (χ1) is 6.88. The Kier molecular flexibility index (Phi) is 6.15. The highest BCUT2D eigenvalue weighted by Gasteiger charge is 2.20. The zero-order valence-electron chi connectivity index (χ0n) is 9.34. The first-order valence-corrected chi connectivity index (χ1v) is 5.94. The van der Waals surface area contributed by atoms with E-state index in [0.717, 1.165) is 19.6 Å². The third-order valence-corrected chi connectivity index (χ3v) is 2.94. The fourth-order valence-electron chi connectivity index (χ4n) is 2.16. The van der Waals surface area contributed by atoms with E-state index in [1.54, 1.807) is 0 Å². The number of likely N-dealkylation sites (tertiary alicyclic amines) is 1. The second-order valence-corrected chi connectivity index (χ2v) is 4.11. The van der Waals surface area contributed by atoms with Gasteiger partial charge in [-0.2, -0.15) is 0 Å². The van der Waals surface area contributed by atoms with Gasteiger partial charge in [0.25, 0.3) is 0 Å². The predicted molar refractivity (Wildman–Crippen MR) is 59.5 cm³/mol. The quantitative estimate of drug-likeness (QED) is 0.624. The van der Waals surface area contributed by atoms with Crippen LogP contribution in [0, 0.1) is 0 Å². The lowest BCUT2D eigenvalue weighted by atomic mass is 10.0. The average Bonchev–Trinajstić information content (AvgIpc) is 2.21. The Labute approximate surface area is 87.5 Å². The fraction of sp³-hybridized carbons (Fsp3) is 1.00. The summed E-state index contributed by atoms with van der Waals surface area (Å²) in [6.07, 6.45) is 5.13. The Bertz CT molecular complexity index is 139. The van der Waals surface area contributed by atoms with Crippen LogP contribution in [-0.4, -0.2) is 48.8 Å². The Morgan fingerprint density at radius 2 is 2.29 bits per heavy atom. The van der Waals surface area contributed by atoms with Gasteiger partial charge in [-0.1, -0.05) is 13.3 Å². The van der Waals surface area contributed by atoms with E-state index in [-0.39, 0.29) is 0 Å². The summed E-state index contributed by atoms with van der Waals surface area (Å²) in [4.78, 5) is 2.42.